The van der Waals surface area contributed by atoms with Crippen molar-refractivity contribution in [3.63, 3.8) is 0 Å². The predicted octanol–water partition coefficient (Wildman–Crippen LogP) is 4.71. The van der Waals surface area contributed by atoms with Crippen molar-refractivity contribution in [2.45, 2.75) is 11.4 Å². The van der Waals surface area contributed by atoms with Crippen LogP contribution in [0.2, 0.25) is 0 Å². The number of methoxy groups -OCH3 is 1. The summed E-state index contributed by atoms with van der Waals surface area (Å²) in [6.07, 6.45) is 0. The third-order valence-corrected chi connectivity index (χ3v) is 7.70. The number of amides is 2. The van der Waals surface area contributed by atoms with Crippen LogP contribution in [0.25, 0.3) is 0 Å². The van der Waals surface area contributed by atoms with Crippen LogP contribution in [-0.4, -0.2) is 40.5 Å². The molecule has 4 aromatic rings. The molecule has 8 nitrogen and oxygen atoms in total. The molecule has 2 amide bonds. The number of nitrogens with zero attached hydrogens (tertiary/aromatic N) is 1. The highest BCUT2D eigenvalue weighted by Crippen LogP contribution is 2.30. The van der Waals surface area contributed by atoms with E-state index in [2.05, 4.69) is 10.6 Å². The summed E-state index contributed by atoms with van der Waals surface area (Å²) >= 11 is 0. The molecule has 4 aromatic carbocycles. The van der Waals surface area contributed by atoms with E-state index in [1.807, 2.05) is 30.3 Å². The second-order valence-electron chi connectivity index (χ2n) is 8.58. The van der Waals surface area contributed by atoms with Crippen LogP contribution in [0.1, 0.15) is 26.3 Å². The van der Waals surface area contributed by atoms with Crippen molar-refractivity contribution in [2.24, 2.45) is 0 Å². The summed E-state index contributed by atoms with van der Waals surface area (Å²) in [5.41, 5.74) is 1.68. The average molecular weight is 544 g/mol. The minimum atomic E-state index is -4.04. The Morgan fingerprint density at radius 2 is 1.33 bits per heavy atom. The Labute approximate surface area is 228 Å². The quantitative estimate of drug-likeness (QED) is 0.267. The summed E-state index contributed by atoms with van der Waals surface area (Å²) < 4.78 is 34.0. The highest BCUT2D eigenvalue weighted by atomic mass is 32.2. The lowest BCUT2D eigenvalue weighted by Gasteiger charge is -2.26. The van der Waals surface area contributed by atoms with Gasteiger partial charge in [-0.2, -0.15) is 0 Å². The summed E-state index contributed by atoms with van der Waals surface area (Å²) in [6.45, 7) is 0.674. The Balaban J connectivity index is 1.71. The van der Waals surface area contributed by atoms with Crippen molar-refractivity contribution in [3.8, 4) is 0 Å². The molecule has 0 aliphatic carbocycles. The van der Waals surface area contributed by atoms with Crippen molar-refractivity contribution in [1.82, 2.24) is 5.32 Å². The van der Waals surface area contributed by atoms with Gasteiger partial charge in [-0.1, -0.05) is 72.8 Å². The average Bonchev–Trinajstić information content (AvgIpc) is 2.97. The van der Waals surface area contributed by atoms with Crippen LogP contribution in [0.5, 0.6) is 0 Å². The van der Waals surface area contributed by atoms with E-state index >= 15 is 0 Å². The molecule has 0 radical (unpaired) electrons. The van der Waals surface area contributed by atoms with E-state index in [-0.39, 0.29) is 34.2 Å². The molecule has 2 N–H and O–H groups in total. The third-order valence-electron chi connectivity index (χ3n) is 5.93. The van der Waals surface area contributed by atoms with Gasteiger partial charge in [0.1, 0.15) is 0 Å². The number of hydrogen-bond acceptors (Lipinski definition) is 5. The molecule has 0 aliphatic rings. The number of sulfonamides is 1. The summed E-state index contributed by atoms with van der Waals surface area (Å²) in [5.74, 6) is -0.919. The van der Waals surface area contributed by atoms with E-state index < -0.39 is 15.9 Å². The highest BCUT2D eigenvalue weighted by Gasteiger charge is 2.29. The molecule has 0 saturated carbocycles. The van der Waals surface area contributed by atoms with Gasteiger partial charge in [0.05, 0.1) is 40.5 Å². The van der Waals surface area contributed by atoms with Crippen LogP contribution in [0.3, 0.4) is 0 Å². The van der Waals surface area contributed by atoms with Crippen molar-refractivity contribution in [1.29, 1.82) is 0 Å². The summed E-state index contributed by atoms with van der Waals surface area (Å²) in [4.78, 5) is 26.4. The molecular formula is C30H29N3O5S. The lowest BCUT2D eigenvalue weighted by Crippen LogP contribution is -2.32. The van der Waals surface area contributed by atoms with Gasteiger partial charge in [0.25, 0.3) is 21.8 Å². The smallest absolute Gasteiger partial charge is 0.264 e. The van der Waals surface area contributed by atoms with Crippen molar-refractivity contribution < 1.29 is 22.7 Å². The van der Waals surface area contributed by atoms with E-state index in [0.29, 0.717) is 18.8 Å². The van der Waals surface area contributed by atoms with Gasteiger partial charge in [-0.3, -0.25) is 13.9 Å². The van der Waals surface area contributed by atoms with Crippen LogP contribution < -0.4 is 14.9 Å². The SMILES string of the molecule is COCCNC(=O)c1ccccc1NC(=O)c1ccccc1N(Cc1ccccc1)S(=O)(=O)c1ccccc1. The number of ether oxygens (including phenoxy) is 1. The van der Waals surface area contributed by atoms with Gasteiger partial charge >= 0.3 is 0 Å². The van der Waals surface area contributed by atoms with Crippen LogP contribution in [0, 0.1) is 0 Å². The zero-order valence-corrected chi connectivity index (χ0v) is 22.2. The number of nitrogens with one attached hydrogen (secondary N) is 2. The van der Waals surface area contributed by atoms with Gasteiger partial charge in [0.2, 0.25) is 0 Å². The highest BCUT2D eigenvalue weighted by molar-refractivity contribution is 7.92. The van der Waals surface area contributed by atoms with Gasteiger partial charge in [-0.25, -0.2) is 8.42 Å². The molecule has 0 aliphatic heterocycles. The van der Waals surface area contributed by atoms with Crippen molar-refractivity contribution >= 4 is 33.2 Å². The lowest BCUT2D eigenvalue weighted by atomic mass is 10.1. The van der Waals surface area contributed by atoms with Crippen LogP contribution >= 0.6 is 0 Å². The minimum absolute atomic E-state index is 0.0147. The topological polar surface area (TPSA) is 105 Å². The van der Waals surface area contributed by atoms with E-state index in [1.165, 1.54) is 23.5 Å². The Morgan fingerprint density at radius 3 is 2.03 bits per heavy atom. The van der Waals surface area contributed by atoms with Gasteiger partial charge in [0, 0.05) is 13.7 Å². The second-order valence-corrected chi connectivity index (χ2v) is 10.4. The third kappa shape index (κ3) is 6.70. The molecule has 0 aromatic heterocycles. The first kappa shape index (κ1) is 27.6. The second kappa shape index (κ2) is 12.9. The molecule has 0 heterocycles. The maximum atomic E-state index is 13.9. The Hall–Kier alpha value is -4.47. The fraction of sp³-hybridized carbons (Fsp3) is 0.133. The molecule has 0 atom stereocenters. The first-order chi connectivity index (χ1) is 18.9. The molecule has 0 spiro atoms. The first-order valence-electron chi connectivity index (χ1n) is 12.3. The molecule has 39 heavy (non-hydrogen) atoms. The summed E-state index contributed by atoms with van der Waals surface area (Å²) in [6, 6.07) is 30.4. The predicted molar refractivity (Wildman–Crippen MR) is 151 cm³/mol. The molecule has 0 bridgehead atoms. The maximum Gasteiger partial charge on any atom is 0.264 e. The molecule has 0 unspecified atom stereocenters. The first-order valence-corrected chi connectivity index (χ1v) is 13.7. The number of carbonyl (C=O) groups is 2. The Morgan fingerprint density at radius 1 is 0.744 bits per heavy atom. The summed E-state index contributed by atoms with van der Waals surface area (Å²) in [5, 5.41) is 5.54. The van der Waals surface area contributed by atoms with Gasteiger partial charge in [0.15, 0.2) is 0 Å². The monoisotopic (exact) mass is 543 g/mol. The number of para-hydroxylation sites is 2. The van der Waals surface area contributed by atoms with Gasteiger partial charge in [-0.15, -0.1) is 0 Å². The normalized spacial score (nSPS) is 11.0. The fourth-order valence-corrected chi connectivity index (χ4v) is 5.49. The van der Waals surface area contributed by atoms with E-state index in [1.54, 1.807) is 66.7 Å². The maximum absolute atomic E-state index is 13.9. The number of hydrogen-bond donors (Lipinski definition) is 2. The zero-order chi connectivity index (χ0) is 27.7. The molecule has 0 saturated heterocycles. The van der Waals surface area contributed by atoms with Gasteiger partial charge < -0.3 is 15.4 Å². The minimum Gasteiger partial charge on any atom is -0.383 e. The van der Waals surface area contributed by atoms with E-state index in [0.717, 1.165) is 5.56 Å². The molecule has 4 rings (SSSR count). The van der Waals surface area contributed by atoms with Crippen LogP contribution in [0.4, 0.5) is 11.4 Å². The van der Waals surface area contributed by atoms with E-state index in [4.69, 9.17) is 4.74 Å². The number of benzene rings is 4. The molecule has 0 fully saturated rings. The number of carbonyl (C=O) groups excluding carboxylic acids is 2. The van der Waals surface area contributed by atoms with Gasteiger partial charge in [-0.05, 0) is 42.0 Å². The zero-order valence-electron chi connectivity index (χ0n) is 21.4. The largest absolute Gasteiger partial charge is 0.383 e. The lowest BCUT2D eigenvalue weighted by molar-refractivity contribution is 0.0938. The number of rotatable bonds is 11. The molecule has 9 heteroatoms. The molecular weight excluding hydrogens is 514 g/mol. The van der Waals surface area contributed by atoms with Crippen molar-refractivity contribution in [3.05, 3.63) is 126 Å². The van der Waals surface area contributed by atoms with Crippen molar-refractivity contribution in [2.75, 3.05) is 29.9 Å². The Bertz CT molecular complexity index is 1530. The summed E-state index contributed by atoms with van der Waals surface area (Å²) in [7, 11) is -2.50. The van der Waals surface area contributed by atoms with E-state index in [9.17, 15) is 18.0 Å². The Kier molecular flexibility index (Phi) is 9.09. The fourth-order valence-electron chi connectivity index (χ4n) is 3.99. The standard InChI is InChI=1S/C30H29N3O5S/c1-38-21-20-31-29(34)25-16-8-10-18-27(25)32-30(35)26-17-9-11-19-28(26)33(22-23-12-4-2-5-13-23)39(36,37)24-14-6-3-7-15-24/h2-19H,20-22H2,1H3,(H,31,34)(H,32,35). The van der Waals surface area contributed by atoms with Crippen LogP contribution in [0.15, 0.2) is 114 Å². The number of anilines is 2. The molecule has 200 valence electrons. The van der Waals surface area contributed by atoms with Crippen LogP contribution in [-0.2, 0) is 21.3 Å².